The van der Waals surface area contributed by atoms with E-state index >= 15 is 0 Å². The van der Waals surface area contributed by atoms with E-state index in [9.17, 15) is 8.42 Å². The van der Waals surface area contributed by atoms with Crippen LogP contribution in [0.1, 0.15) is 6.42 Å². The van der Waals surface area contributed by atoms with E-state index in [1.165, 1.54) is 0 Å². The van der Waals surface area contributed by atoms with Crippen molar-refractivity contribution in [2.75, 3.05) is 5.75 Å². The molecular weight excluding hydrogens is 276 g/mol. The summed E-state index contributed by atoms with van der Waals surface area (Å²) in [5, 5.41) is 0. The van der Waals surface area contributed by atoms with Crippen molar-refractivity contribution in [2.24, 2.45) is 0 Å². The third-order valence-electron chi connectivity index (χ3n) is 1.35. The van der Waals surface area contributed by atoms with Gasteiger partial charge in [0.25, 0.3) is 10.1 Å². The summed E-state index contributed by atoms with van der Waals surface area (Å²) in [6, 6.07) is 0.212. The maximum absolute atomic E-state index is 10.4. The van der Waals surface area contributed by atoms with E-state index in [0.29, 0.717) is 0 Å². The second kappa shape index (κ2) is 6.29. The van der Waals surface area contributed by atoms with Crippen LogP contribution in [0.4, 0.5) is 0 Å². The molecule has 0 fully saturated rings. The molecule has 14 heavy (non-hydrogen) atoms. The summed E-state index contributed by atoms with van der Waals surface area (Å²) in [6.45, 7) is 0. The largest absolute Gasteiger partial charge is 0.468 e. The highest BCUT2D eigenvalue weighted by Gasteiger charge is 2.35. The van der Waals surface area contributed by atoms with Gasteiger partial charge in [0, 0.05) is 6.04 Å². The zero-order valence-corrected chi connectivity index (χ0v) is 11.8. The van der Waals surface area contributed by atoms with E-state index in [2.05, 4.69) is 31.5 Å². The Labute approximate surface area is 94.1 Å². The number of hydrogen-bond acceptors (Lipinski definition) is 5. The standard InChI is InChI=1S/C3H7O6SSi4/c4-10(5,6)2-1-3-14(7-11,8-12)9-13/h1-3H2,(H,4,5,6). The molecule has 0 unspecified atom stereocenters. The first-order valence-corrected chi connectivity index (χ1v) is 8.15. The summed E-state index contributed by atoms with van der Waals surface area (Å²) < 4.78 is 43.6. The predicted molar refractivity (Wildman–Crippen MR) is 52.1 cm³/mol. The molecular formula is C3H7O6SSi4. The van der Waals surface area contributed by atoms with Crippen LogP contribution in [-0.2, 0) is 22.5 Å². The van der Waals surface area contributed by atoms with Gasteiger partial charge in [-0.1, -0.05) is 0 Å². The van der Waals surface area contributed by atoms with Gasteiger partial charge in [-0.05, 0) is 6.42 Å². The average Bonchev–Trinajstić information content (AvgIpc) is 2.11. The van der Waals surface area contributed by atoms with Gasteiger partial charge in [0.2, 0.25) is 31.5 Å². The summed E-state index contributed by atoms with van der Waals surface area (Å²) in [5.74, 6) is -0.373. The average molecular weight is 283 g/mol. The molecule has 9 radical (unpaired) electrons. The van der Waals surface area contributed by atoms with Crippen molar-refractivity contribution >= 4 is 50.4 Å². The first kappa shape index (κ1) is 14.7. The van der Waals surface area contributed by atoms with Crippen molar-refractivity contribution in [1.82, 2.24) is 0 Å². The third kappa shape index (κ3) is 5.52. The molecule has 0 aromatic carbocycles. The molecule has 0 aromatic heterocycles. The Morgan fingerprint density at radius 1 is 1.14 bits per heavy atom. The van der Waals surface area contributed by atoms with Crippen molar-refractivity contribution in [3.8, 4) is 0 Å². The Hall–Kier alpha value is 0.658. The minimum atomic E-state index is -3.96. The molecule has 0 saturated heterocycles. The summed E-state index contributed by atoms with van der Waals surface area (Å²) in [4.78, 5) is 0. The Kier molecular flexibility index (Phi) is 6.58. The molecule has 0 heterocycles. The van der Waals surface area contributed by atoms with Gasteiger partial charge >= 0.3 is 8.80 Å². The van der Waals surface area contributed by atoms with Gasteiger partial charge in [0.05, 0.1) is 5.75 Å². The second-order valence-corrected chi connectivity index (χ2v) is 8.27. The molecule has 0 atom stereocenters. The van der Waals surface area contributed by atoms with Gasteiger partial charge in [-0.25, -0.2) is 0 Å². The lowest BCUT2D eigenvalue weighted by molar-refractivity contribution is 0.293. The first-order valence-electron chi connectivity index (χ1n) is 3.38. The molecule has 77 valence electrons. The number of rotatable bonds is 7. The van der Waals surface area contributed by atoms with Gasteiger partial charge in [0.15, 0.2) is 0 Å². The van der Waals surface area contributed by atoms with Gasteiger partial charge in [-0.15, -0.1) is 0 Å². The molecule has 0 aliphatic carbocycles. The Bertz CT molecular complexity index is 242. The van der Waals surface area contributed by atoms with E-state index in [4.69, 9.17) is 16.9 Å². The van der Waals surface area contributed by atoms with Crippen LogP contribution < -0.4 is 0 Å². The molecule has 0 aromatic rings. The smallest absolute Gasteiger partial charge is 0.416 e. The minimum absolute atomic E-state index is 0.157. The van der Waals surface area contributed by atoms with Gasteiger partial charge in [-0.3, -0.25) is 4.55 Å². The molecule has 0 bridgehead atoms. The lowest BCUT2D eigenvalue weighted by Crippen LogP contribution is -2.44. The van der Waals surface area contributed by atoms with E-state index in [1.807, 2.05) is 0 Å². The second-order valence-electron chi connectivity index (χ2n) is 2.38. The molecule has 0 aliphatic rings. The summed E-state index contributed by atoms with van der Waals surface area (Å²) >= 11 is 0. The molecule has 11 heteroatoms. The van der Waals surface area contributed by atoms with Crippen LogP contribution in [0.25, 0.3) is 0 Å². The third-order valence-corrected chi connectivity index (χ3v) is 6.85. The van der Waals surface area contributed by atoms with Crippen LogP contribution in [0.5, 0.6) is 0 Å². The highest BCUT2D eigenvalue weighted by molar-refractivity contribution is 7.85. The predicted octanol–water partition coefficient (Wildman–Crippen LogP) is -1.50. The van der Waals surface area contributed by atoms with Crippen molar-refractivity contribution < 1.29 is 25.3 Å². The highest BCUT2D eigenvalue weighted by Crippen LogP contribution is 2.14. The molecule has 0 aliphatic heterocycles. The first-order chi connectivity index (χ1) is 6.39. The summed E-state index contributed by atoms with van der Waals surface area (Å²) in [5.41, 5.74) is 0. The lowest BCUT2D eigenvalue weighted by atomic mass is 10.6. The summed E-state index contributed by atoms with van der Waals surface area (Å²) in [7, 11) is 1.37. The molecule has 0 spiro atoms. The van der Waals surface area contributed by atoms with Crippen LogP contribution in [0, 0.1) is 0 Å². The van der Waals surface area contributed by atoms with Crippen molar-refractivity contribution in [1.29, 1.82) is 0 Å². The van der Waals surface area contributed by atoms with Crippen molar-refractivity contribution in [2.45, 2.75) is 12.5 Å². The molecule has 0 amide bonds. The Balaban J connectivity index is 4.08. The maximum atomic E-state index is 10.4. The topological polar surface area (TPSA) is 82.1 Å². The van der Waals surface area contributed by atoms with Gasteiger partial charge < -0.3 is 12.3 Å². The van der Waals surface area contributed by atoms with Crippen LogP contribution in [0.15, 0.2) is 0 Å². The minimum Gasteiger partial charge on any atom is -0.416 e. The summed E-state index contributed by atoms with van der Waals surface area (Å²) in [6.07, 6.45) is 0.157. The van der Waals surface area contributed by atoms with Gasteiger partial charge in [-0.2, -0.15) is 8.42 Å². The molecule has 1 N–H and O–H groups in total. The van der Waals surface area contributed by atoms with Crippen molar-refractivity contribution in [3.63, 3.8) is 0 Å². The maximum Gasteiger partial charge on any atom is 0.468 e. The highest BCUT2D eigenvalue weighted by atomic mass is 32.2. The normalized spacial score (nSPS) is 13.1. The Morgan fingerprint density at radius 3 is 1.86 bits per heavy atom. The van der Waals surface area contributed by atoms with E-state index in [0.717, 1.165) is 0 Å². The van der Waals surface area contributed by atoms with E-state index < -0.39 is 18.9 Å². The quantitative estimate of drug-likeness (QED) is 0.452. The fraction of sp³-hybridized carbons (Fsp3) is 1.00. The lowest BCUT2D eigenvalue weighted by Gasteiger charge is -2.24. The zero-order valence-electron chi connectivity index (χ0n) is 7.02. The molecule has 0 saturated carbocycles. The molecule has 0 rings (SSSR count). The van der Waals surface area contributed by atoms with Crippen LogP contribution in [0.3, 0.4) is 0 Å². The van der Waals surface area contributed by atoms with Crippen LogP contribution in [-0.4, -0.2) is 59.0 Å². The molecule has 6 nitrogen and oxygen atoms in total. The van der Waals surface area contributed by atoms with E-state index in [1.54, 1.807) is 0 Å². The fourth-order valence-corrected chi connectivity index (χ4v) is 4.91. The SMILES string of the molecule is O=S(=O)(O)CCC[Si](O[Si])(O[Si])O[Si]. The number of hydrogen-bond donors (Lipinski definition) is 1. The van der Waals surface area contributed by atoms with E-state index in [-0.39, 0.29) is 18.2 Å². The fourth-order valence-electron chi connectivity index (χ4n) is 0.687. The Morgan fingerprint density at radius 2 is 1.57 bits per heavy atom. The monoisotopic (exact) mass is 283 g/mol. The van der Waals surface area contributed by atoms with Crippen molar-refractivity contribution in [3.05, 3.63) is 0 Å². The zero-order chi connectivity index (χ0) is 11.2. The van der Waals surface area contributed by atoms with Crippen LogP contribution in [0.2, 0.25) is 6.04 Å². The van der Waals surface area contributed by atoms with Gasteiger partial charge in [0.1, 0.15) is 0 Å². The van der Waals surface area contributed by atoms with Crippen LogP contribution >= 0.6 is 0 Å².